The summed E-state index contributed by atoms with van der Waals surface area (Å²) in [5.41, 5.74) is 5.90. The molecule has 0 fully saturated rings. The molecule has 1 heterocycles. The Balaban J connectivity index is 2.39. The largest absolute Gasteiger partial charge is 0.385 e. The third-order valence-corrected chi connectivity index (χ3v) is 1.94. The molecule has 1 rings (SSSR count). The highest BCUT2D eigenvalue weighted by molar-refractivity contribution is 4.91. The van der Waals surface area contributed by atoms with Gasteiger partial charge >= 0.3 is 0 Å². The standard InChI is InChI=1S/C8H16N4O/c1-12-8(10-6-11-12)7(9)4-3-5-13-2/h6-7H,3-5,9H2,1-2H3. The molecule has 5 nitrogen and oxygen atoms in total. The number of ether oxygens (including phenoxy) is 1. The number of aromatic nitrogens is 3. The average Bonchev–Trinajstić information content (AvgIpc) is 2.52. The zero-order valence-corrected chi connectivity index (χ0v) is 8.10. The Morgan fingerprint density at radius 2 is 2.46 bits per heavy atom. The maximum absolute atomic E-state index is 5.90. The Morgan fingerprint density at radius 3 is 3.00 bits per heavy atom. The number of hydrogen-bond donors (Lipinski definition) is 1. The van der Waals surface area contributed by atoms with Gasteiger partial charge in [0.25, 0.3) is 0 Å². The molecule has 0 aromatic carbocycles. The second-order valence-corrected chi connectivity index (χ2v) is 2.98. The minimum absolute atomic E-state index is 0.0392. The highest BCUT2D eigenvalue weighted by atomic mass is 16.5. The number of nitrogens with two attached hydrogens (primary N) is 1. The smallest absolute Gasteiger partial charge is 0.143 e. The van der Waals surface area contributed by atoms with Gasteiger partial charge in [0.05, 0.1) is 6.04 Å². The van der Waals surface area contributed by atoms with Crippen molar-refractivity contribution in [2.24, 2.45) is 12.8 Å². The predicted octanol–water partition coefficient (Wildman–Crippen LogP) is 0.241. The summed E-state index contributed by atoms with van der Waals surface area (Å²) < 4.78 is 6.65. The summed E-state index contributed by atoms with van der Waals surface area (Å²) >= 11 is 0. The van der Waals surface area contributed by atoms with Crippen LogP contribution in [-0.2, 0) is 11.8 Å². The molecule has 0 saturated carbocycles. The van der Waals surface area contributed by atoms with Gasteiger partial charge in [-0.3, -0.25) is 4.68 Å². The van der Waals surface area contributed by atoms with Crippen LogP contribution in [0.15, 0.2) is 6.33 Å². The SMILES string of the molecule is COCCCC(N)c1ncnn1C. The van der Waals surface area contributed by atoms with E-state index in [1.165, 1.54) is 6.33 Å². The second kappa shape index (κ2) is 4.94. The van der Waals surface area contributed by atoms with Gasteiger partial charge in [-0.05, 0) is 12.8 Å². The summed E-state index contributed by atoms with van der Waals surface area (Å²) in [7, 11) is 3.53. The van der Waals surface area contributed by atoms with Gasteiger partial charge in [0.15, 0.2) is 0 Å². The number of aryl methyl sites for hydroxylation is 1. The second-order valence-electron chi connectivity index (χ2n) is 2.98. The molecule has 1 aromatic heterocycles. The Kier molecular flexibility index (Phi) is 3.85. The fourth-order valence-electron chi connectivity index (χ4n) is 1.22. The first-order valence-corrected chi connectivity index (χ1v) is 4.34. The molecule has 1 atom stereocenters. The minimum atomic E-state index is -0.0392. The Labute approximate surface area is 77.9 Å². The van der Waals surface area contributed by atoms with Gasteiger partial charge in [0, 0.05) is 20.8 Å². The van der Waals surface area contributed by atoms with Crippen molar-refractivity contribution in [2.75, 3.05) is 13.7 Å². The van der Waals surface area contributed by atoms with Gasteiger partial charge in [-0.15, -0.1) is 0 Å². The fraction of sp³-hybridized carbons (Fsp3) is 0.750. The Hall–Kier alpha value is -0.940. The molecule has 0 aliphatic carbocycles. The van der Waals surface area contributed by atoms with E-state index >= 15 is 0 Å². The molecule has 2 N–H and O–H groups in total. The normalized spacial score (nSPS) is 13.2. The molecule has 0 amide bonds. The Bertz CT molecular complexity index is 248. The van der Waals surface area contributed by atoms with E-state index in [1.54, 1.807) is 11.8 Å². The maximum atomic E-state index is 5.90. The van der Waals surface area contributed by atoms with E-state index in [1.807, 2.05) is 7.05 Å². The van der Waals surface area contributed by atoms with Gasteiger partial charge in [0.1, 0.15) is 12.2 Å². The number of methoxy groups -OCH3 is 1. The van der Waals surface area contributed by atoms with E-state index < -0.39 is 0 Å². The molecule has 0 aliphatic heterocycles. The van der Waals surface area contributed by atoms with Crippen LogP contribution < -0.4 is 5.73 Å². The molecule has 74 valence electrons. The van der Waals surface area contributed by atoms with Crippen LogP contribution in [0.1, 0.15) is 24.7 Å². The Morgan fingerprint density at radius 1 is 1.69 bits per heavy atom. The third-order valence-electron chi connectivity index (χ3n) is 1.94. The van der Waals surface area contributed by atoms with Crippen molar-refractivity contribution in [3.05, 3.63) is 12.2 Å². The highest BCUT2D eigenvalue weighted by Crippen LogP contribution is 2.11. The van der Waals surface area contributed by atoms with E-state index in [-0.39, 0.29) is 6.04 Å². The lowest BCUT2D eigenvalue weighted by Crippen LogP contribution is -2.16. The molecular weight excluding hydrogens is 168 g/mol. The predicted molar refractivity (Wildman–Crippen MR) is 49.0 cm³/mol. The molecule has 0 spiro atoms. The van der Waals surface area contributed by atoms with Crippen LogP contribution in [0.3, 0.4) is 0 Å². The fourth-order valence-corrected chi connectivity index (χ4v) is 1.22. The van der Waals surface area contributed by atoms with Gasteiger partial charge in [-0.1, -0.05) is 0 Å². The first-order valence-electron chi connectivity index (χ1n) is 4.34. The van der Waals surface area contributed by atoms with Crippen LogP contribution in [0.2, 0.25) is 0 Å². The summed E-state index contributed by atoms with van der Waals surface area (Å²) in [6.45, 7) is 0.742. The lowest BCUT2D eigenvalue weighted by atomic mass is 10.1. The first-order chi connectivity index (χ1) is 6.25. The zero-order valence-electron chi connectivity index (χ0n) is 8.10. The van der Waals surface area contributed by atoms with Crippen molar-refractivity contribution < 1.29 is 4.74 Å². The van der Waals surface area contributed by atoms with Crippen molar-refractivity contribution in [1.29, 1.82) is 0 Å². The summed E-state index contributed by atoms with van der Waals surface area (Å²) in [6.07, 6.45) is 3.34. The molecule has 13 heavy (non-hydrogen) atoms. The van der Waals surface area contributed by atoms with Crippen molar-refractivity contribution in [1.82, 2.24) is 14.8 Å². The lowest BCUT2D eigenvalue weighted by molar-refractivity contribution is 0.190. The van der Waals surface area contributed by atoms with Crippen molar-refractivity contribution >= 4 is 0 Å². The number of rotatable bonds is 5. The first kappa shape index (κ1) is 10.1. The zero-order chi connectivity index (χ0) is 9.68. The van der Waals surface area contributed by atoms with Gasteiger partial charge in [0.2, 0.25) is 0 Å². The molecule has 1 unspecified atom stereocenters. The van der Waals surface area contributed by atoms with E-state index in [9.17, 15) is 0 Å². The van der Waals surface area contributed by atoms with Crippen LogP contribution in [0.4, 0.5) is 0 Å². The highest BCUT2D eigenvalue weighted by Gasteiger charge is 2.10. The lowest BCUT2D eigenvalue weighted by Gasteiger charge is -2.09. The van der Waals surface area contributed by atoms with Crippen molar-refractivity contribution in [2.45, 2.75) is 18.9 Å². The van der Waals surface area contributed by atoms with E-state index in [0.29, 0.717) is 0 Å². The summed E-state index contributed by atoms with van der Waals surface area (Å²) in [5, 5.41) is 3.96. The average molecular weight is 184 g/mol. The minimum Gasteiger partial charge on any atom is -0.385 e. The molecule has 0 saturated heterocycles. The molecular formula is C8H16N4O. The van der Waals surface area contributed by atoms with Crippen molar-refractivity contribution in [3.8, 4) is 0 Å². The topological polar surface area (TPSA) is 66.0 Å². The molecule has 0 bridgehead atoms. The number of nitrogens with zero attached hydrogens (tertiary/aromatic N) is 3. The quantitative estimate of drug-likeness (QED) is 0.666. The monoisotopic (exact) mass is 184 g/mol. The van der Waals surface area contributed by atoms with Gasteiger partial charge in [-0.2, -0.15) is 5.10 Å². The summed E-state index contributed by atoms with van der Waals surface area (Å²) in [4.78, 5) is 4.08. The van der Waals surface area contributed by atoms with E-state index in [0.717, 1.165) is 25.3 Å². The summed E-state index contributed by atoms with van der Waals surface area (Å²) in [5.74, 6) is 0.830. The summed E-state index contributed by atoms with van der Waals surface area (Å²) in [6, 6.07) is -0.0392. The van der Waals surface area contributed by atoms with Crippen molar-refractivity contribution in [3.63, 3.8) is 0 Å². The van der Waals surface area contributed by atoms with Crippen LogP contribution in [0, 0.1) is 0 Å². The van der Waals surface area contributed by atoms with Gasteiger partial charge in [-0.25, -0.2) is 4.98 Å². The van der Waals surface area contributed by atoms with Crippen LogP contribution in [-0.4, -0.2) is 28.5 Å². The van der Waals surface area contributed by atoms with E-state index in [2.05, 4.69) is 10.1 Å². The molecule has 5 heteroatoms. The molecule has 0 radical (unpaired) electrons. The van der Waals surface area contributed by atoms with Gasteiger partial charge < -0.3 is 10.5 Å². The van der Waals surface area contributed by atoms with Crippen LogP contribution in [0.25, 0.3) is 0 Å². The van der Waals surface area contributed by atoms with Crippen LogP contribution in [0.5, 0.6) is 0 Å². The maximum Gasteiger partial charge on any atom is 0.143 e. The van der Waals surface area contributed by atoms with Crippen LogP contribution >= 0.6 is 0 Å². The van der Waals surface area contributed by atoms with E-state index in [4.69, 9.17) is 10.5 Å². The molecule has 0 aliphatic rings. The molecule has 1 aromatic rings. The third kappa shape index (κ3) is 2.78. The number of hydrogen-bond acceptors (Lipinski definition) is 4.